The number of aryl methyl sites for hydroxylation is 1. The third kappa shape index (κ3) is 3.83. The highest BCUT2D eigenvalue weighted by Gasteiger charge is 2.48. The van der Waals surface area contributed by atoms with Gasteiger partial charge in [0.2, 0.25) is 0 Å². The number of pyridine rings is 2. The van der Waals surface area contributed by atoms with Gasteiger partial charge in [-0.1, -0.05) is 19.9 Å². The summed E-state index contributed by atoms with van der Waals surface area (Å²) in [6, 6.07) is 5.76. The molecule has 0 amide bonds. The standard InChI is InChI=1S/C25H31FN4O3S/c1-15-13-30(18-7-10-34(32,33)11-8-18)14-16(2)25(15,31)20-4-5-22(29-17(20)3)19-6-9-27-24-23(19)21(26)12-28-24/h4-6,9,12,15-16,18,31H,7-8,10-11,13-14H2,1-3H3,(H,27,28)/t15-,16+,25?. The van der Waals surface area contributed by atoms with Crippen molar-refractivity contribution in [3.63, 3.8) is 0 Å². The third-order valence-corrected chi connectivity index (χ3v) is 9.59. The summed E-state index contributed by atoms with van der Waals surface area (Å²) >= 11 is 0. The number of hydrogen-bond donors (Lipinski definition) is 2. The number of sulfone groups is 1. The molecule has 0 bridgehead atoms. The molecular weight excluding hydrogens is 455 g/mol. The maximum Gasteiger partial charge on any atom is 0.150 e. The lowest BCUT2D eigenvalue weighted by molar-refractivity contribution is -0.121. The molecule has 0 radical (unpaired) electrons. The van der Waals surface area contributed by atoms with E-state index in [4.69, 9.17) is 4.98 Å². The quantitative estimate of drug-likeness (QED) is 0.589. The highest BCUT2D eigenvalue weighted by molar-refractivity contribution is 7.91. The monoisotopic (exact) mass is 486 g/mol. The number of aromatic amines is 1. The first kappa shape index (κ1) is 23.4. The molecular formula is C25H31FN4O3S. The summed E-state index contributed by atoms with van der Waals surface area (Å²) < 4.78 is 38.1. The molecule has 182 valence electrons. The number of nitrogens with one attached hydrogen (secondary N) is 1. The van der Waals surface area contributed by atoms with E-state index in [1.807, 2.05) is 19.1 Å². The van der Waals surface area contributed by atoms with Crippen molar-refractivity contribution >= 4 is 20.9 Å². The van der Waals surface area contributed by atoms with Crippen LogP contribution in [0.25, 0.3) is 22.3 Å². The summed E-state index contributed by atoms with van der Waals surface area (Å²) in [5.41, 5.74) is 2.23. The van der Waals surface area contributed by atoms with E-state index in [2.05, 4.69) is 28.7 Å². The van der Waals surface area contributed by atoms with E-state index in [1.54, 1.807) is 12.3 Å². The van der Waals surface area contributed by atoms with Gasteiger partial charge in [0.1, 0.15) is 15.5 Å². The number of piperidine rings is 1. The Balaban J connectivity index is 1.43. The minimum Gasteiger partial charge on any atom is -0.384 e. The topological polar surface area (TPSA) is 99.2 Å². The lowest BCUT2D eigenvalue weighted by atomic mass is 9.70. The van der Waals surface area contributed by atoms with E-state index in [0.29, 0.717) is 48.2 Å². The van der Waals surface area contributed by atoms with Crippen molar-refractivity contribution in [1.29, 1.82) is 0 Å². The van der Waals surface area contributed by atoms with Gasteiger partial charge in [-0.3, -0.25) is 9.88 Å². The predicted molar refractivity (Wildman–Crippen MR) is 129 cm³/mol. The van der Waals surface area contributed by atoms with E-state index in [0.717, 1.165) is 11.3 Å². The van der Waals surface area contributed by atoms with Crippen LogP contribution in [0, 0.1) is 24.6 Å². The molecule has 3 aromatic heterocycles. The average molecular weight is 487 g/mol. The number of rotatable bonds is 3. The Morgan fingerprint density at radius 1 is 1.15 bits per heavy atom. The summed E-state index contributed by atoms with van der Waals surface area (Å²) in [5, 5.41) is 12.4. The number of aliphatic hydroxyl groups is 1. The van der Waals surface area contributed by atoms with Crippen molar-refractivity contribution in [1.82, 2.24) is 19.9 Å². The second-order valence-corrected chi connectivity index (χ2v) is 12.3. The summed E-state index contributed by atoms with van der Waals surface area (Å²) in [7, 11) is -2.91. The van der Waals surface area contributed by atoms with Gasteiger partial charge in [0.05, 0.1) is 28.2 Å². The molecule has 2 fully saturated rings. The number of nitrogens with zero attached hydrogens (tertiary/aromatic N) is 3. The molecule has 0 spiro atoms. The second-order valence-electron chi connectivity index (χ2n) is 10.0. The van der Waals surface area contributed by atoms with Crippen LogP contribution in [0.1, 0.15) is 37.9 Å². The fourth-order valence-corrected chi connectivity index (χ4v) is 7.45. The SMILES string of the molecule is Cc1nc(-c2ccnc3[nH]cc(F)c23)ccc1C1(O)[C@H](C)CN(C2CCS(=O)(=O)CC2)C[C@@H]1C. The number of hydrogen-bond acceptors (Lipinski definition) is 6. The first-order valence-electron chi connectivity index (χ1n) is 11.9. The van der Waals surface area contributed by atoms with Gasteiger partial charge in [-0.15, -0.1) is 0 Å². The number of likely N-dealkylation sites (tertiary alicyclic amines) is 1. The molecule has 2 aliphatic rings. The van der Waals surface area contributed by atoms with Crippen LogP contribution in [0.15, 0.2) is 30.6 Å². The normalized spacial score (nSPS) is 28.4. The fraction of sp³-hybridized carbons (Fsp3) is 0.520. The van der Waals surface area contributed by atoms with Crippen LogP contribution in [0.2, 0.25) is 0 Å². The zero-order valence-corrected chi connectivity index (χ0v) is 20.6. The number of aromatic nitrogens is 3. The lowest BCUT2D eigenvalue weighted by Crippen LogP contribution is -2.58. The summed E-state index contributed by atoms with van der Waals surface area (Å²) in [6.45, 7) is 7.40. The maximum absolute atomic E-state index is 14.4. The van der Waals surface area contributed by atoms with E-state index in [-0.39, 0.29) is 35.2 Å². The molecule has 5 heterocycles. The first-order chi connectivity index (χ1) is 16.1. The van der Waals surface area contributed by atoms with Crippen LogP contribution in [-0.2, 0) is 15.4 Å². The minimum atomic E-state index is -2.91. The second kappa shape index (κ2) is 8.39. The van der Waals surface area contributed by atoms with E-state index < -0.39 is 15.4 Å². The Hall–Kier alpha value is -2.36. The van der Waals surface area contributed by atoms with Crippen molar-refractivity contribution < 1.29 is 17.9 Å². The Kier molecular flexibility index (Phi) is 5.77. The molecule has 1 unspecified atom stereocenters. The molecule has 9 heteroatoms. The maximum atomic E-state index is 14.4. The van der Waals surface area contributed by atoms with Gasteiger partial charge in [-0.2, -0.15) is 0 Å². The largest absolute Gasteiger partial charge is 0.384 e. The Labute approximate surface area is 199 Å². The molecule has 0 aliphatic carbocycles. The summed E-state index contributed by atoms with van der Waals surface area (Å²) in [4.78, 5) is 14.2. The Morgan fingerprint density at radius 2 is 1.82 bits per heavy atom. The van der Waals surface area contributed by atoms with Crippen molar-refractivity contribution in [3.05, 3.63) is 47.7 Å². The fourth-order valence-electron chi connectivity index (χ4n) is 5.98. The van der Waals surface area contributed by atoms with Crippen molar-refractivity contribution in [3.8, 4) is 11.3 Å². The highest BCUT2D eigenvalue weighted by atomic mass is 32.2. The molecule has 2 aliphatic heterocycles. The van der Waals surface area contributed by atoms with Gasteiger partial charge in [0, 0.05) is 60.2 Å². The first-order valence-corrected chi connectivity index (χ1v) is 13.7. The van der Waals surface area contributed by atoms with E-state index >= 15 is 0 Å². The lowest BCUT2D eigenvalue weighted by Gasteiger charge is -2.51. The Bertz CT molecular complexity index is 1310. The predicted octanol–water partition coefficient (Wildman–Crippen LogP) is 3.43. The van der Waals surface area contributed by atoms with Gasteiger partial charge in [-0.25, -0.2) is 17.8 Å². The Morgan fingerprint density at radius 3 is 2.47 bits per heavy atom. The number of halogens is 1. The van der Waals surface area contributed by atoms with Crippen LogP contribution in [-0.4, -0.2) is 64.0 Å². The molecule has 2 N–H and O–H groups in total. The molecule has 0 aromatic carbocycles. The van der Waals surface area contributed by atoms with Gasteiger partial charge in [0.15, 0.2) is 5.82 Å². The van der Waals surface area contributed by atoms with E-state index in [1.165, 1.54) is 6.20 Å². The molecule has 2 saturated heterocycles. The van der Waals surface area contributed by atoms with Gasteiger partial charge in [-0.05, 0) is 31.9 Å². The van der Waals surface area contributed by atoms with E-state index in [9.17, 15) is 17.9 Å². The van der Waals surface area contributed by atoms with Crippen LogP contribution in [0.4, 0.5) is 4.39 Å². The minimum absolute atomic E-state index is 0.0594. The van der Waals surface area contributed by atoms with Gasteiger partial charge >= 0.3 is 0 Å². The molecule has 0 saturated carbocycles. The van der Waals surface area contributed by atoms with Crippen LogP contribution >= 0.6 is 0 Å². The smallest absolute Gasteiger partial charge is 0.150 e. The summed E-state index contributed by atoms with van der Waals surface area (Å²) in [6.07, 6.45) is 4.24. The van der Waals surface area contributed by atoms with Gasteiger partial charge < -0.3 is 10.1 Å². The van der Waals surface area contributed by atoms with Crippen molar-refractivity contribution in [2.24, 2.45) is 11.8 Å². The number of fused-ring (bicyclic) bond motifs is 1. The van der Waals surface area contributed by atoms with Gasteiger partial charge in [0.25, 0.3) is 0 Å². The van der Waals surface area contributed by atoms with Crippen LogP contribution in [0.3, 0.4) is 0 Å². The number of H-pyrrole nitrogens is 1. The zero-order chi connectivity index (χ0) is 24.3. The molecule has 5 rings (SSSR count). The van der Waals surface area contributed by atoms with Crippen LogP contribution in [0.5, 0.6) is 0 Å². The highest BCUT2D eigenvalue weighted by Crippen LogP contribution is 2.44. The zero-order valence-electron chi connectivity index (χ0n) is 19.8. The molecule has 34 heavy (non-hydrogen) atoms. The molecule has 3 aromatic rings. The molecule has 7 nitrogen and oxygen atoms in total. The van der Waals surface area contributed by atoms with Crippen LogP contribution < -0.4 is 0 Å². The summed E-state index contributed by atoms with van der Waals surface area (Å²) in [5.74, 6) is 0.00272. The average Bonchev–Trinajstić information content (AvgIpc) is 3.18. The third-order valence-electron chi connectivity index (χ3n) is 7.88. The van der Waals surface area contributed by atoms with Crippen molar-refractivity contribution in [2.75, 3.05) is 24.6 Å². The molecule has 3 atom stereocenters. The van der Waals surface area contributed by atoms with Crippen molar-refractivity contribution in [2.45, 2.75) is 45.3 Å².